The maximum Gasteiger partial charge on any atom is 0.472 e. The minimum absolute atomic E-state index is 0.0323. The van der Waals surface area contributed by atoms with Gasteiger partial charge in [0.15, 0.2) is 6.10 Å². The van der Waals surface area contributed by atoms with E-state index in [1.54, 1.807) is 0 Å². The molecule has 0 saturated carbocycles. The second-order valence-corrected chi connectivity index (χ2v) is 19.7. The molecule has 10 heteroatoms. The van der Waals surface area contributed by atoms with Crippen LogP contribution in [0.2, 0.25) is 0 Å². The molecular formula is C49H97NO8P+. The van der Waals surface area contributed by atoms with Crippen molar-refractivity contribution < 1.29 is 42.1 Å². The summed E-state index contributed by atoms with van der Waals surface area (Å²) in [5.74, 6) is -0.810. The summed E-state index contributed by atoms with van der Waals surface area (Å²) in [4.78, 5) is 35.5. The number of hydrogen-bond acceptors (Lipinski definition) is 7. The van der Waals surface area contributed by atoms with Gasteiger partial charge < -0.3 is 18.9 Å². The number of quaternary nitrogens is 1. The van der Waals surface area contributed by atoms with Gasteiger partial charge in [0.1, 0.15) is 19.8 Å². The van der Waals surface area contributed by atoms with E-state index in [4.69, 9.17) is 18.5 Å². The number of allylic oxidation sites excluding steroid dienone is 2. The average molecular weight is 859 g/mol. The Balaban J connectivity index is 4.25. The summed E-state index contributed by atoms with van der Waals surface area (Å²) in [6.45, 7) is 4.44. The summed E-state index contributed by atoms with van der Waals surface area (Å²) < 4.78 is 34.4. The van der Waals surface area contributed by atoms with Gasteiger partial charge in [-0.2, -0.15) is 0 Å². The lowest BCUT2D eigenvalue weighted by Crippen LogP contribution is -2.37. The molecule has 350 valence electrons. The molecule has 0 aliphatic rings. The lowest BCUT2D eigenvalue weighted by Gasteiger charge is -2.24. The van der Waals surface area contributed by atoms with E-state index in [1.165, 1.54) is 167 Å². The summed E-state index contributed by atoms with van der Waals surface area (Å²) in [7, 11) is 1.48. The second-order valence-electron chi connectivity index (χ2n) is 18.2. The van der Waals surface area contributed by atoms with Gasteiger partial charge in [0.05, 0.1) is 27.7 Å². The Morgan fingerprint density at radius 1 is 0.508 bits per heavy atom. The fraction of sp³-hybridized carbons (Fsp3) is 0.918. The van der Waals surface area contributed by atoms with E-state index in [2.05, 4.69) is 26.0 Å². The molecule has 0 saturated heterocycles. The van der Waals surface area contributed by atoms with Crippen LogP contribution in [0.3, 0.4) is 0 Å². The highest BCUT2D eigenvalue weighted by atomic mass is 31.2. The molecule has 1 unspecified atom stereocenters. The Hall–Kier alpha value is -1.25. The maximum absolute atomic E-state index is 12.7. The number of phosphoric ester groups is 1. The van der Waals surface area contributed by atoms with Crippen molar-refractivity contribution in [2.75, 3.05) is 47.5 Å². The normalized spacial score (nSPS) is 13.5. The van der Waals surface area contributed by atoms with Gasteiger partial charge >= 0.3 is 19.8 Å². The van der Waals surface area contributed by atoms with E-state index in [0.717, 1.165) is 32.1 Å². The summed E-state index contributed by atoms with van der Waals surface area (Å²) in [6.07, 6.45) is 45.5. The van der Waals surface area contributed by atoms with Crippen molar-refractivity contribution in [3.05, 3.63) is 12.2 Å². The van der Waals surface area contributed by atoms with E-state index in [-0.39, 0.29) is 32.0 Å². The molecule has 0 fully saturated rings. The Bertz CT molecular complexity index is 1020. The lowest BCUT2D eigenvalue weighted by molar-refractivity contribution is -0.870. The summed E-state index contributed by atoms with van der Waals surface area (Å²) >= 11 is 0. The van der Waals surface area contributed by atoms with Crippen LogP contribution in [0.15, 0.2) is 12.2 Å². The zero-order valence-corrected chi connectivity index (χ0v) is 40.4. The number of esters is 2. The smallest absolute Gasteiger partial charge is 0.462 e. The van der Waals surface area contributed by atoms with Crippen molar-refractivity contribution in [3.63, 3.8) is 0 Å². The summed E-state index contributed by atoms with van der Waals surface area (Å²) in [5, 5.41) is 0. The molecule has 2 atom stereocenters. The maximum atomic E-state index is 12.7. The van der Waals surface area contributed by atoms with Crippen LogP contribution in [-0.2, 0) is 32.7 Å². The first-order chi connectivity index (χ1) is 28.5. The number of carbonyl (C=O) groups excluding carboxylic acids is 2. The predicted molar refractivity (Wildman–Crippen MR) is 248 cm³/mol. The SMILES string of the molecule is CCCCCCCCCCC/C=C/CCCCC(=O)OC[C@H](COP(=O)(O)OCC[N+](C)(C)C)OC(=O)CCCCCCCCCCCCCCCCCCCCCC. The predicted octanol–water partition coefficient (Wildman–Crippen LogP) is 14.5. The number of hydrogen-bond donors (Lipinski definition) is 1. The largest absolute Gasteiger partial charge is 0.472 e. The minimum Gasteiger partial charge on any atom is -0.462 e. The Kier molecular flexibility index (Phi) is 41.2. The van der Waals surface area contributed by atoms with E-state index >= 15 is 0 Å². The van der Waals surface area contributed by atoms with Gasteiger partial charge in [-0.05, 0) is 38.5 Å². The van der Waals surface area contributed by atoms with Gasteiger partial charge in [0.2, 0.25) is 0 Å². The van der Waals surface area contributed by atoms with Crippen LogP contribution in [0, 0.1) is 0 Å². The molecule has 0 aromatic rings. The summed E-state index contributed by atoms with van der Waals surface area (Å²) in [6, 6.07) is 0. The van der Waals surface area contributed by atoms with Gasteiger partial charge in [0.25, 0.3) is 0 Å². The monoisotopic (exact) mass is 859 g/mol. The molecule has 9 nitrogen and oxygen atoms in total. The van der Waals surface area contributed by atoms with Gasteiger partial charge in [-0.25, -0.2) is 4.57 Å². The quantitative estimate of drug-likeness (QED) is 0.0212. The van der Waals surface area contributed by atoms with Crippen molar-refractivity contribution in [1.82, 2.24) is 0 Å². The number of nitrogens with zero attached hydrogens (tertiary/aromatic N) is 1. The van der Waals surface area contributed by atoms with Gasteiger partial charge in [-0.15, -0.1) is 0 Å². The third-order valence-corrected chi connectivity index (χ3v) is 12.0. The number of rotatable bonds is 46. The number of phosphoric acid groups is 1. The highest BCUT2D eigenvalue weighted by Gasteiger charge is 2.27. The Morgan fingerprint density at radius 3 is 1.29 bits per heavy atom. The van der Waals surface area contributed by atoms with Gasteiger partial charge in [-0.1, -0.05) is 199 Å². The third-order valence-electron chi connectivity index (χ3n) is 11.0. The molecule has 0 amide bonds. The zero-order valence-electron chi connectivity index (χ0n) is 39.5. The number of likely N-dealkylation sites (N-methyl/N-ethyl adjacent to an activating group) is 1. The minimum atomic E-state index is -4.38. The van der Waals surface area contributed by atoms with Crippen LogP contribution in [0.5, 0.6) is 0 Å². The van der Waals surface area contributed by atoms with Crippen LogP contribution in [0.4, 0.5) is 0 Å². The van der Waals surface area contributed by atoms with Crippen molar-refractivity contribution in [1.29, 1.82) is 0 Å². The van der Waals surface area contributed by atoms with Crippen molar-refractivity contribution in [2.45, 2.75) is 245 Å². The van der Waals surface area contributed by atoms with Crippen LogP contribution in [0.25, 0.3) is 0 Å². The molecule has 59 heavy (non-hydrogen) atoms. The van der Waals surface area contributed by atoms with Crippen LogP contribution in [0.1, 0.15) is 239 Å². The Morgan fingerprint density at radius 2 is 0.864 bits per heavy atom. The standard InChI is InChI=1S/C49H96NO8P/c1-6-8-10-12-14-16-18-20-22-23-24-25-26-28-30-32-34-36-38-40-42-49(52)58-47(46-57-59(53,54)56-44-43-50(3,4)5)45-55-48(51)41-39-37-35-33-31-29-27-21-19-17-15-13-11-9-7-2/h31,33,47H,6-30,32,34-46H2,1-5H3/p+1/b33-31+/t47-/m1/s1. The molecule has 0 aliphatic carbocycles. The lowest BCUT2D eigenvalue weighted by atomic mass is 10.0. The van der Waals surface area contributed by atoms with Crippen molar-refractivity contribution in [2.24, 2.45) is 0 Å². The molecule has 0 rings (SSSR count). The molecule has 1 N–H and O–H groups in total. The topological polar surface area (TPSA) is 108 Å². The van der Waals surface area contributed by atoms with Gasteiger partial charge in [0, 0.05) is 12.8 Å². The zero-order chi connectivity index (χ0) is 43.6. The molecule has 0 aromatic heterocycles. The summed E-state index contributed by atoms with van der Waals surface area (Å²) in [5.41, 5.74) is 0. The first-order valence-electron chi connectivity index (χ1n) is 24.9. The molecular weight excluding hydrogens is 762 g/mol. The molecule has 0 radical (unpaired) electrons. The number of carbonyl (C=O) groups is 2. The molecule has 0 bridgehead atoms. The van der Waals surface area contributed by atoms with E-state index in [9.17, 15) is 19.0 Å². The fourth-order valence-electron chi connectivity index (χ4n) is 7.13. The molecule has 0 aliphatic heterocycles. The first-order valence-corrected chi connectivity index (χ1v) is 26.4. The highest BCUT2D eigenvalue weighted by molar-refractivity contribution is 7.47. The number of ether oxygens (including phenoxy) is 2. The Labute approximate surface area is 365 Å². The van der Waals surface area contributed by atoms with E-state index in [0.29, 0.717) is 23.9 Å². The average Bonchev–Trinajstić information content (AvgIpc) is 3.19. The third kappa shape index (κ3) is 46.1. The second kappa shape index (κ2) is 42.1. The van der Waals surface area contributed by atoms with E-state index in [1.807, 2.05) is 21.1 Å². The highest BCUT2D eigenvalue weighted by Crippen LogP contribution is 2.43. The van der Waals surface area contributed by atoms with Gasteiger partial charge in [-0.3, -0.25) is 18.6 Å². The molecule has 0 spiro atoms. The molecule has 0 heterocycles. The van der Waals surface area contributed by atoms with E-state index < -0.39 is 26.5 Å². The fourth-order valence-corrected chi connectivity index (χ4v) is 7.87. The first kappa shape index (κ1) is 57.8. The van der Waals surface area contributed by atoms with Crippen LogP contribution in [-0.4, -0.2) is 74.9 Å². The molecule has 0 aromatic carbocycles. The van der Waals surface area contributed by atoms with Crippen LogP contribution >= 0.6 is 7.82 Å². The van der Waals surface area contributed by atoms with Crippen molar-refractivity contribution >= 4 is 19.8 Å². The number of unbranched alkanes of at least 4 members (excludes halogenated alkanes) is 30. The van der Waals surface area contributed by atoms with Crippen molar-refractivity contribution in [3.8, 4) is 0 Å². The van der Waals surface area contributed by atoms with Crippen LogP contribution < -0.4 is 0 Å².